The molecule has 1 aromatic carbocycles. The first-order chi connectivity index (χ1) is 14.9. The second-order valence-electron chi connectivity index (χ2n) is 7.64. The SMILES string of the molecule is c1ccc(-c2cc(NCc3ccnc(N4CCCCCC4)c3)n3ncnc3n2)cc1. The van der Waals surface area contributed by atoms with Crippen molar-refractivity contribution in [1.29, 1.82) is 0 Å². The first kappa shape index (κ1) is 18.5. The Morgan fingerprint density at radius 3 is 2.57 bits per heavy atom. The third-order valence-electron chi connectivity index (χ3n) is 5.53. The van der Waals surface area contributed by atoms with Crippen LogP contribution in [0.1, 0.15) is 31.2 Å². The summed E-state index contributed by atoms with van der Waals surface area (Å²) in [5, 5.41) is 7.84. The minimum atomic E-state index is 0.582. The normalized spacial score (nSPS) is 14.6. The summed E-state index contributed by atoms with van der Waals surface area (Å²) in [6.07, 6.45) is 8.56. The lowest BCUT2D eigenvalue weighted by molar-refractivity contribution is 0.726. The third-order valence-corrected chi connectivity index (χ3v) is 5.53. The van der Waals surface area contributed by atoms with Gasteiger partial charge in [0, 0.05) is 37.5 Å². The number of fused-ring (bicyclic) bond motifs is 1. The highest BCUT2D eigenvalue weighted by Crippen LogP contribution is 2.22. The van der Waals surface area contributed by atoms with E-state index in [-0.39, 0.29) is 0 Å². The smallest absolute Gasteiger partial charge is 0.254 e. The summed E-state index contributed by atoms with van der Waals surface area (Å²) in [6.45, 7) is 2.86. The summed E-state index contributed by atoms with van der Waals surface area (Å²) in [6, 6.07) is 16.4. The molecule has 1 saturated heterocycles. The highest BCUT2D eigenvalue weighted by molar-refractivity contribution is 5.65. The van der Waals surface area contributed by atoms with Gasteiger partial charge in [-0.2, -0.15) is 14.6 Å². The third kappa shape index (κ3) is 3.96. The van der Waals surface area contributed by atoms with E-state index in [2.05, 4.69) is 54.5 Å². The number of hydrogen-bond donors (Lipinski definition) is 1. The van der Waals surface area contributed by atoms with Crippen LogP contribution in [0, 0.1) is 0 Å². The number of benzene rings is 1. The molecule has 1 aliphatic heterocycles. The molecule has 0 bridgehead atoms. The van der Waals surface area contributed by atoms with Crippen LogP contribution in [0.15, 0.2) is 61.1 Å². The van der Waals surface area contributed by atoms with Crippen LogP contribution < -0.4 is 10.2 Å². The molecule has 0 atom stereocenters. The maximum atomic E-state index is 4.64. The molecule has 0 saturated carbocycles. The monoisotopic (exact) mass is 399 g/mol. The van der Waals surface area contributed by atoms with E-state index < -0.39 is 0 Å². The summed E-state index contributed by atoms with van der Waals surface area (Å²) < 4.78 is 1.74. The molecule has 7 nitrogen and oxygen atoms in total. The largest absolute Gasteiger partial charge is 0.366 e. The van der Waals surface area contributed by atoms with Crippen LogP contribution in [0.25, 0.3) is 17.0 Å². The van der Waals surface area contributed by atoms with Crippen LogP contribution in [0.2, 0.25) is 0 Å². The van der Waals surface area contributed by atoms with Gasteiger partial charge < -0.3 is 10.2 Å². The van der Waals surface area contributed by atoms with Crippen molar-refractivity contribution in [2.24, 2.45) is 0 Å². The molecule has 152 valence electrons. The number of nitrogens with zero attached hydrogens (tertiary/aromatic N) is 6. The number of nitrogens with one attached hydrogen (secondary N) is 1. The first-order valence-electron chi connectivity index (χ1n) is 10.6. The Balaban J connectivity index is 1.39. The molecule has 0 amide bonds. The molecule has 1 fully saturated rings. The molecular weight excluding hydrogens is 374 g/mol. The Hall–Kier alpha value is -3.48. The van der Waals surface area contributed by atoms with Gasteiger partial charge in [-0.3, -0.25) is 0 Å². The Kier molecular flexibility index (Phi) is 5.25. The number of aromatic nitrogens is 5. The fraction of sp³-hybridized carbons (Fsp3) is 0.304. The molecule has 3 aromatic heterocycles. The molecule has 4 aromatic rings. The standard InChI is InChI=1S/C23H25N7/c1-2-7-13-29(12-6-1)21-14-18(10-11-24-21)16-25-22-15-20(19-8-4-3-5-9-19)28-23-26-17-27-30(22)23/h3-5,8-11,14-15,17,25H,1-2,6-7,12-13,16H2. The molecule has 30 heavy (non-hydrogen) atoms. The molecule has 0 radical (unpaired) electrons. The summed E-state index contributed by atoms with van der Waals surface area (Å²) in [4.78, 5) is 16.0. The lowest BCUT2D eigenvalue weighted by atomic mass is 10.1. The predicted molar refractivity (Wildman–Crippen MR) is 118 cm³/mol. The summed E-state index contributed by atoms with van der Waals surface area (Å²) >= 11 is 0. The highest BCUT2D eigenvalue weighted by atomic mass is 15.3. The van der Waals surface area contributed by atoms with E-state index in [0.29, 0.717) is 12.3 Å². The Labute approximate surface area is 175 Å². The van der Waals surface area contributed by atoms with Gasteiger partial charge in [-0.15, -0.1) is 0 Å². The van der Waals surface area contributed by atoms with E-state index >= 15 is 0 Å². The van der Waals surface area contributed by atoms with E-state index in [4.69, 9.17) is 0 Å². The van der Waals surface area contributed by atoms with Crippen LogP contribution in [-0.2, 0) is 6.54 Å². The average molecular weight is 400 g/mol. The van der Waals surface area contributed by atoms with Gasteiger partial charge in [-0.05, 0) is 30.5 Å². The van der Waals surface area contributed by atoms with Crippen molar-refractivity contribution in [3.8, 4) is 11.3 Å². The number of hydrogen-bond acceptors (Lipinski definition) is 6. The molecular formula is C23H25N7. The zero-order chi connectivity index (χ0) is 20.2. The maximum Gasteiger partial charge on any atom is 0.254 e. The quantitative estimate of drug-likeness (QED) is 0.543. The Bertz CT molecular complexity index is 1110. The van der Waals surface area contributed by atoms with Gasteiger partial charge in [0.25, 0.3) is 5.78 Å². The lowest BCUT2D eigenvalue weighted by Gasteiger charge is -2.22. The fourth-order valence-corrected chi connectivity index (χ4v) is 3.93. The minimum Gasteiger partial charge on any atom is -0.366 e. The second-order valence-corrected chi connectivity index (χ2v) is 7.64. The summed E-state index contributed by atoms with van der Waals surface area (Å²) in [5.41, 5.74) is 3.12. The van der Waals surface area contributed by atoms with E-state index in [9.17, 15) is 0 Å². The topological polar surface area (TPSA) is 71.2 Å². The predicted octanol–water partition coefficient (Wildman–Crippen LogP) is 4.18. The lowest BCUT2D eigenvalue weighted by Crippen LogP contribution is -2.25. The molecule has 0 aliphatic carbocycles. The number of rotatable bonds is 5. The van der Waals surface area contributed by atoms with Crippen LogP contribution in [0.5, 0.6) is 0 Å². The Morgan fingerprint density at radius 2 is 1.73 bits per heavy atom. The van der Waals surface area contributed by atoms with Crippen molar-refractivity contribution in [2.75, 3.05) is 23.3 Å². The molecule has 4 heterocycles. The van der Waals surface area contributed by atoms with Gasteiger partial charge in [-0.25, -0.2) is 9.97 Å². The van der Waals surface area contributed by atoms with Crippen LogP contribution in [-0.4, -0.2) is 37.7 Å². The molecule has 0 unspecified atom stereocenters. The molecule has 7 heteroatoms. The summed E-state index contributed by atoms with van der Waals surface area (Å²) in [7, 11) is 0. The van der Waals surface area contributed by atoms with E-state index in [1.54, 1.807) is 4.52 Å². The Morgan fingerprint density at radius 1 is 0.900 bits per heavy atom. The highest BCUT2D eigenvalue weighted by Gasteiger charge is 2.12. The van der Waals surface area contributed by atoms with Gasteiger partial charge in [0.05, 0.1) is 5.69 Å². The fourth-order valence-electron chi connectivity index (χ4n) is 3.93. The van der Waals surface area contributed by atoms with Gasteiger partial charge >= 0.3 is 0 Å². The minimum absolute atomic E-state index is 0.582. The average Bonchev–Trinajstić information content (AvgIpc) is 3.11. The zero-order valence-electron chi connectivity index (χ0n) is 16.9. The molecule has 0 spiro atoms. The van der Waals surface area contributed by atoms with Crippen LogP contribution in [0.4, 0.5) is 11.6 Å². The van der Waals surface area contributed by atoms with Crippen molar-refractivity contribution in [3.63, 3.8) is 0 Å². The van der Waals surface area contributed by atoms with Gasteiger partial charge in [-0.1, -0.05) is 43.2 Å². The molecule has 1 aliphatic rings. The first-order valence-corrected chi connectivity index (χ1v) is 10.6. The molecule has 5 rings (SSSR count). The van der Waals surface area contributed by atoms with Crippen LogP contribution in [0.3, 0.4) is 0 Å². The van der Waals surface area contributed by atoms with Gasteiger partial charge in [0.15, 0.2) is 0 Å². The van der Waals surface area contributed by atoms with E-state index in [1.807, 2.05) is 30.5 Å². The van der Waals surface area contributed by atoms with E-state index in [1.165, 1.54) is 37.6 Å². The number of anilines is 2. The molecule has 1 N–H and O–H groups in total. The van der Waals surface area contributed by atoms with Crippen molar-refractivity contribution < 1.29 is 0 Å². The van der Waals surface area contributed by atoms with Crippen molar-refractivity contribution in [1.82, 2.24) is 24.6 Å². The maximum absolute atomic E-state index is 4.64. The van der Waals surface area contributed by atoms with Gasteiger partial charge in [0.1, 0.15) is 18.0 Å². The van der Waals surface area contributed by atoms with Gasteiger partial charge in [0.2, 0.25) is 0 Å². The van der Waals surface area contributed by atoms with Crippen molar-refractivity contribution in [2.45, 2.75) is 32.2 Å². The second kappa shape index (κ2) is 8.49. The van der Waals surface area contributed by atoms with E-state index in [0.717, 1.165) is 36.0 Å². The zero-order valence-corrected chi connectivity index (χ0v) is 16.9. The van der Waals surface area contributed by atoms with Crippen molar-refractivity contribution in [3.05, 3.63) is 66.6 Å². The number of pyridine rings is 1. The van der Waals surface area contributed by atoms with Crippen LogP contribution >= 0.6 is 0 Å². The van der Waals surface area contributed by atoms with Crippen molar-refractivity contribution >= 4 is 17.4 Å². The summed E-state index contributed by atoms with van der Waals surface area (Å²) in [5.74, 6) is 2.52.